The molecule has 0 saturated heterocycles. The van der Waals surface area contributed by atoms with E-state index < -0.39 is 13.7 Å². The number of fused-ring (bicyclic) bond motifs is 1. The van der Waals surface area contributed by atoms with Crippen molar-refractivity contribution in [3.05, 3.63) is 22.3 Å². The van der Waals surface area contributed by atoms with Gasteiger partial charge in [-0.05, 0) is 88.3 Å². The van der Waals surface area contributed by atoms with E-state index in [0.29, 0.717) is 6.42 Å². The minimum Gasteiger partial charge on any atom is -0.489 e. The Labute approximate surface area is 220 Å². The van der Waals surface area contributed by atoms with E-state index in [0.717, 1.165) is 72.1 Å². The Kier molecular flexibility index (Phi) is 11.8. The number of rotatable bonds is 15. The molecule has 208 valence electrons. The molecule has 2 rings (SSSR count). The molecule has 1 aromatic carbocycles. The second-order valence-corrected chi connectivity index (χ2v) is 13.8. The van der Waals surface area contributed by atoms with Crippen LogP contribution in [-0.4, -0.2) is 27.7 Å². The fourth-order valence-electron chi connectivity index (χ4n) is 5.53. The molecule has 1 aliphatic heterocycles. The lowest BCUT2D eigenvalue weighted by molar-refractivity contribution is 0.0510. The van der Waals surface area contributed by atoms with Crippen LogP contribution in [0.1, 0.15) is 121 Å². The predicted octanol–water partition coefficient (Wildman–Crippen LogP) is 8.44. The highest BCUT2D eigenvalue weighted by atomic mass is 31.2. The van der Waals surface area contributed by atoms with Crippen LogP contribution in [0.25, 0.3) is 0 Å². The van der Waals surface area contributed by atoms with E-state index in [9.17, 15) is 14.4 Å². The summed E-state index contributed by atoms with van der Waals surface area (Å²) >= 11 is 0. The van der Waals surface area contributed by atoms with Crippen molar-refractivity contribution in [1.82, 2.24) is 0 Å². The zero-order valence-electron chi connectivity index (χ0n) is 24.3. The number of benzene rings is 1. The van der Waals surface area contributed by atoms with Crippen molar-refractivity contribution in [2.45, 2.75) is 138 Å². The summed E-state index contributed by atoms with van der Waals surface area (Å²) in [6.07, 6.45) is 11.2. The van der Waals surface area contributed by atoms with E-state index in [1.165, 1.54) is 37.7 Å². The molecule has 0 saturated carbocycles. The van der Waals surface area contributed by atoms with Gasteiger partial charge in [-0.15, -0.1) is 0 Å². The molecule has 2 N–H and O–H groups in total. The zero-order chi connectivity index (χ0) is 27.1. The van der Waals surface area contributed by atoms with Crippen LogP contribution in [0.3, 0.4) is 0 Å². The zero-order valence-corrected chi connectivity index (χ0v) is 25.2. The van der Waals surface area contributed by atoms with Crippen LogP contribution in [0.5, 0.6) is 11.5 Å². The van der Waals surface area contributed by atoms with Crippen molar-refractivity contribution in [2.75, 3.05) is 6.16 Å². The quantitative estimate of drug-likeness (QED) is 0.225. The van der Waals surface area contributed by atoms with Gasteiger partial charge in [0.05, 0.1) is 6.16 Å². The second kappa shape index (κ2) is 13.7. The van der Waals surface area contributed by atoms with Crippen molar-refractivity contribution in [3.8, 4) is 11.5 Å². The Morgan fingerprint density at radius 3 is 2.25 bits per heavy atom. The van der Waals surface area contributed by atoms with Gasteiger partial charge in [0, 0.05) is 5.56 Å². The van der Waals surface area contributed by atoms with E-state index in [1.54, 1.807) is 0 Å². The number of unbranched alkanes of at least 4 members (excludes halogenated alkanes) is 1. The summed E-state index contributed by atoms with van der Waals surface area (Å²) in [7, 11) is -4.16. The molecule has 0 radical (unpaired) electrons. The van der Waals surface area contributed by atoms with Crippen LogP contribution < -0.4 is 9.47 Å². The second-order valence-electron chi connectivity index (χ2n) is 12.1. The molecule has 0 aliphatic carbocycles. The van der Waals surface area contributed by atoms with Gasteiger partial charge in [-0.2, -0.15) is 0 Å². The summed E-state index contributed by atoms with van der Waals surface area (Å²) in [6.45, 7) is 17.5. The van der Waals surface area contributed by atoms with Crippen molar-refractivity contribution in [1.29, 1.82) is 0 Å². The molecule has 0 amide bonds. The molecule has 36 heavy (non-hydrogen) atoms. The first-order chi connectivity index (χ1) is 16.8. The number of hydrogen-bond acceptors (Lipinski definition) is 3. The molecule has 1 aliphatic rings. The van der Waals surface area contributed by atoms with Crippen LogP contribution in [0.2, 0.25) is 0 Å². The Morgan fingerprint density at radius 2 is 1.64 bits per heavy atom. The molecule has 1 heterocycles. The van der Waals surface area contributed by atoms with Gasteiger partial charge in [-0.3, -0.25) is 4.57 Å². The van der Waals surface area contributed by atoms with E-state index in [-0.39, 0.29) is 11.8 Å². The smallest absolute Gasteiger partial charge is 0.329 e. The number of hydrogen-bond donors (Lipinski definition) is 2. The van der Waals surface area contributed by atoms with Crippen LogP contribution >= 0.6 is 7.60 Å². The molecule has 6 heteroatoms. The number of ether oxygens (including phenoxy) is 2. The predicted molar refractivity (Wildman–Crippen MR) is 151 cm³/mol. The Hall–Kier alpha value is -1.03. The van der Waals surface area contributed by atoms with E-state index in [4.69, 9.17) is 9.47 Å². The summed E-state index contributed by atoms with van der Waals surface area (Å²) in [5.74, 6) is 3.34. The molecule has 0 aromatic heterocycles. The lowest BCUT2D eigenvalue weighted by Crippen LogP contribution is -2.37. The fourth-order valence-corrected chi connectivity index (χ4v) is 6.32. The molecular formula is C30H53O5P. The van der Waals surface area contributed by atoms with Crippen LogP contribution in [0.4, 0.5) is 0 Å². The van der Waals surface area contributed by atoms with Gasteiger partial charge in [0.25, 0.3) is 0 Å². The minimum absolute atomic E-state index is 0.152. The average molecular weight is 525 g/mol. The topological polar surface area (TPSA) is 76.0 Å². The Bertz CT molecular complexity index is 890. The molecule has 0 bridgehead atoms. The van der Waals surface area contributed by atoms with Crippen molar-refractivity contribution < 1.29 is 23.8 Å². The monoisotopic (exact) mass is 524 g/mol. The molecule has 3 atom stereocenters. The third-order valence-electron chi connectivity index (χ3n) is 8.05. The highest BCUT2D eigenvalue weighted by Gasteiger charge is 2.35. The molecule has 1 aromatic rings. The van der Waals surface area contributed by atoms with E-state index in [1.807, 2.05) is 6.92 Å². The first-order valence-corrected chi connectivity index (χ1v) is 16.1. The van der Waals surface area contributed by atoms with E-state index in [2.05, 4.69) is 48.5 Å². The van der Waals surface area contributed by atoms with Gasteiger partial charge in [0.15, 0.2) is 0 Å². The third-order valence-corrected chi connectivity index (χ3v) is 8.93. The summed E-state index contributed by atoms with van der Waals surface area (Å²) in [4.78, 5) is 19.2. The highest BCUT2D eigenvalue weighted by molar-refractivity contribution is 7.51. The summed E-state index contributed by atoms with van der Waals surface area (Å²) in [5, 5.41) is 0. The molecule has 5 nitrogen and oxygen atoms in total. The maximum atomic E-state index is 11.7. The molecule has 3 unspecified atom stereocenters. The average Bonchev–Trinajstić information content (AvgIpc) is 2.77. The normalized spacial score (nSPS) is 19.6. The minimum atomic E-state index is -4.16. The molecular weight excluding hydrogens is 471 g/mol. The first kappa shape index (κ1) is 31.2. The Balaban J connectivity index is 2.11. The summed E-state index contributed by atoms with van der Waals surface area (Å²) in [6, 6.07) is 0. The molecule has 0 fully saturated rings. The van der Waals surface area contributed by atoms with Crippen molar-refractivity contribution in [3.63, 3.8) is 0 Å². The summed E-state index contributed by atoms with van der Waals surface area (Å²) < 4.78 is 24.8. The van der Waals surface area contributed by atoms with Gasteiger partial charge >= 0.3 is 7.60 Å². The van der Waals surface area contributed by atoms with Gasteiger partial charge in [-0.25, -0.2) is 0 Å². The fraction of sp³-hybridized carbons (Fsp3) is 0.800. The van der Waals surface area contributed by atoms with Crippen molar-refractivity contribution >= 4 is 7.60 Å². The van der Waals surface area contributed by atoms with Gasteiger partial charge in [0.1, 0.15) is 23.2 Å². The van der Waals surface area contributed by atoms with Gasteiger partial charge in [0.2, 0.25) is 0 Å². The van der Waals surface area contributed by atoms with Crippen molar-refractivity contribution in [2.24, 2.45) is 11.8 Å². The highest BCUT2D eigenvalue weighted by Crippen LogP contribution is 2.46. The summed E-state index contributed by atoms with van der Waals surface area (Å²) in [5.41, 5.74) is 4.20. The standard InChI is InChI=1S/C30H53O5P/c1-9-10-16-26(20-36(31,32)33)34-28-23(5)24(6)29-27(25(28)7)17-19-30(8,35-29)18-12-15-22(4)14-11-13-21(2)3/h21-22,26H,9-20H2,1-8H3,(H2,31,32,33). The molecule has 0 spiro atoms. The third kappa shape index (κ3) is 9.37. The maximum absolute atomic E-state index is 11.7. The van der Waals surface area contributed by atoms with Crippen LogP contribution in [0, 0.1) is 32.6 Å². The largest absolute Gasteiger partial charge is 0.489 e. The SMILES string of the molecule is CCCCC(CP(=O)(O)O)Oc1c(C)c(C)c2c(c1C)CCC(C)(CCCC(C)CCCC(C)C)O2. The van der Waals surface area contributed by atoms with Gasteiger partial charge < -0.3 is 19.3 Å². The van der Waals surface area contributed by atoms with E-state index >= 15 is 0 Å². The lowest BCUT2D eigenvalue weighted by atomic mass is 9.84. The van der Waals surface area contributed by atoms with Crippen LogP contribution in [-0.2, 0) is 11.0 Å². The van der Waals surface area contributed by atoms with Crippen LogP contribution in [0.15, 0.2) is 0 Å². The lowest BCUT2D eigenvalue weighted by Gasteiger charge is -2.39. The Morgan fingerprint density at radius 1 is 0.972 bits per heavy atom. The first-order valence-electron chi connectivity index (χ1n) is 14.3. The van der Waals surface area contributed by atoms with Gasteiger partial charge in [-0.1, -0.05) is 66.2 Å². The maximum Gasteiger partial charge on any atom is 0.329 e.